The second kappa shape index (κ2) is 13.2. The Balaban J connectivity index is 2.03. The number of carboxylic acid groups (broad SMARTS) is 1. The van der Waals surface area contributed by atoms with Gasteiger partial charge in [-0.3, -0.25) is 14.4 Å². The van der Waals surface area contributed by atoms with Gasteiger partial charge in [0.2, 0.25) is 12.1 Å². The number of quaternary nitrogens is 1. The molecule has 0 saturated carbocycles. The molecule has 45 heavy (non-hydrogen) atoms. The number of nitrogens with zero attached hydrogens (tertiary/aromatic N) is 2. The zero-order chi connectivity index (χ0) is 34.1. The maximum atomic E-state index is 13.5. The maximum Gasteiger partial charge on any atom is 0.416 e. The molecule has 2 aromatic rings. The highest BCUT2D eigenvalue weighted by molar-refractivity contribution is 5.95. The first kappa shape index (κ1) is 35.5. The molecular weight excluding hydrogens is 610 g/mol. The molecule has 9 nitrogen and oxygen atoms in total. The van der Waals surface area contributed by atoms with Crippen LogP contribution in [0.2, 0.25) is 0 Å². The number of fused-ring (bicyclic) bond motifs is 1. The number of likely N-dealkylation sites (N-methyl/N-ethyl adjacent to an activating group) is 1. The smallest absolute Gasteiger partial charge is 0.416 e. The van der Waals surface area contributed by atoms with E-state index in [1.807, 2.05) is 0 Å². The molecule has 4 unspecified atom stereocenters. The maximum absolute atomic E-state index is 13.5. The van der Waals surface area contributed by atoms with Gasteiger partial charge in [0.15, 0.2) is 0 Å². The van der Waals surface area contributed by atoms with Crippen LogP contribution in [-0.2, 0) is 21.9 Å². The number of alkyl halides is 6. The molecule has 0 bridgehead atoms. The average Bonchev–Trinajstić information content (AvgIpc) is 3.24. The molecule has 5 atom stereocenters. The standard InChI is InChI=1S/C30H34F6N4O5/c1-16(26(38)43)10-23(37)28(45)40(3)15-18(22-6-4-5-7-24(22)40)13-21(8-9-25(41)42)39(2)27(44)17-11-19(29(31,32)33)14-20(12-17)30(34,35)36/h4-7,11-12,14-16,21,23,28,45H,8-10,13,37H2,1-3H3,(H2-,38,41,42,43)/p+1/t16?,21?,23-,28?,40?/m1/s1. The van der Waals surface area contributed by atoms with Crippen LogP contribution >= 0.6 is 0 Å². The van der Waals surface area contributed by atoms with Crippen LogP contribution in [0.15, 0.2) is 48.7 Å². The molecule has 15 heteroatoms. The summed E-state index contributed by atoms with van der Waals surface area (Å²) >= 11 is 0. The number of para-hydroxylation sites is 1. The highest BCUT2D eigenvalue weighted by Crippen LogP contribution is 2.44. The number of amides is 2. The molecule has 0 radical (unpaired) electrons. The van der Waals surface area contributed by atoms with Crippen LogP contribution in [-0.4, -0.2) is 65.3 Å². The van der Waals surface area contributed by atoms with Gasteiger partial charge in [-0.1, -0.05) is 19.1 Å². The van der Waals surface area contributed by atoms with Gasteiger partial charge in [0, 0.05) is 48.2 Å². The van der Waals surface area contributed by atoms with Crippen LogP contribution in [0.5, 0.6) is 0 Å². The Labute approximate surface area is 255 Å². The van der Waals surface area contributed by atoms with Crippen LogP contribution in [0.3, 0.4) is 0 Å². The summed E-state index contributed by atoms with van der Waals surface area (Å²) in [6.45, 7) is 1.57. The van der Waals surface area contributed by atoms with Gasteiger partial charge in [0.1, 0.15) is 11.9 Å². The second-order valence-corrected chi connectivity index (χ2v) is 11.4. The Bertz CT molecular complexity index is 1450. The van der Waals surface area contributed by atoms with Crippen molar-refractivity contribution >= 4 is 29.0 Å². The third-order valence-electron chi connectivity index (χ3n) is 8.09. The molecule has 3 rings (SSSR count). The van der Waals surface area contributed by atoms with Crippen molar-refractivity contribution in [2.24, 2.45) is 17.4 Å². The Morgan fingerprint density at radius 1 is 1.00 bits per heavy atom. The first-order valence-electron chi connectivity index (χ1n) is 13.9. The second-order valence-electron chi connectivity index (χ2n) is 11.4. The number of halogens is 6. The highest BCUT2D eigenvalue weighted by atomic mass is 19.4. The fourth-order valence-corrected chi connectivity index (χ4v) is 5.48. The molecule has 246 valence electrons. The highest BCUT2D eigenvalue weighted by Gasteiger charge is 2.44. The van der Waals surface area contributed by atoms with E-state index in [2.05, 4.69) is 0 Å². The minimum Gasteiger partial charge on any atom is -0.481 e. The molecular formula is C30H35F6N4O5+. The van der Waals surface area contributed by atoms with E-state index in [1.54, 1.807) is 44.4 Å². The van der Waals surface area contributed by atoms with Gasteiger partial charge in [-0.2, -0.15) is 26.3 Å². The number of aliphatic hydroxyl groups is 1. The van der Waals surface area contributed by atoms with Gasteiger partial charge >= 0.3 is 18.3 Å². The number of primary amides is 1. The molecule has 1 aliphatic rings. The third kappa shape index (κ3) is 8.02. The summed E-state index contributed by atoms with van der Waals surface area (Å²) in [7, 11) is 2.82. The van der Waals surface area contributed by atoms with Crippen LogP contribution in [0, 0.1) is 5.92 Å². The van der Waals surface area contributed by atoms with Crippen molar-refractivity contribution < 1.29 is 50.9 Å². The lowest BCUT2D eigenvalue weighted by Gasteiger charge is -2.36. The molecule has 2 aromatic carbocycles. The van der Waals surface area contributed by atoms with E-state index in [0.717, 1.165) is 4.90 Å². The van der Waals surface area contributed by atoms with Crippen molar-refractivity contribution in [3.63, 3.8) is 0 Å². The van der Waals surface area contributed by atoms with Gasteiger partial charge in [-0.05, 0) is 43.5 Å². The molecule has 0 aromatic heterocycles. The minimum absolute atomic E-state index is 0.0606. The number of carbonyl (C=O) groups excluding carboxylic acids is 2. The molecule has 2 amide bonds. The van der Waals surface area contributed by atoms with Gasteiger partial charge in [-0.15, -0.1) is 0 Å². The third-order valence-corrected chi connectivity index (χ3v) is 8.09. The number of benzene rings is 2. The summed E-state index contributed by atoms with van der Waals surface area (Å²) in [4.78, 5) is 37.4. The number of rotatable bonds is 12. The van der Waals surface area contributed by atoms with E-state index in [0.29, 0.717) is 29.0 Å². The molecule has 0 fully saturated rings. The Morgan fingerprint density at radius 2 is 1.56 bits per heavy atom. The fraction of sp³-hybridized carbons (Fsp3) is 0.433. The summed E-state index contributed by atoms with van der Waals surface area (Å²) in [5.74, 6) is -3.65. The number of carboxylic acids is 1. The first-order chi connectivity index (χ1) is 20.7. The van der Waals surface area contributed by atoms with Crippen molar-refractivity contribution in [1.82, 2.24) is 9.38 Å². The van der Waals surface area contributed by atoms with Crippen molar-refractivity contribution in [1.29, 1.82) is 0 Å². The number of nitrogens with two attached hydrogens (primary N) is 2. The van der Waals surface area contributed by atoms with Crippen molar-refractivity contribution in [3.05, 3.63) is 70.9 Å². The summed E-state index contributed by atoms with van der Waals surface area (Å²) in [6, 6.07) is 5.49. The Hall–Kier alpha value is -3.95. The molecule has 0 saturated heterocycles. The van der Waals surface area contributed by atoms with Crippen LogP contribution in [0.25, 0.3) is 5.57 Å². The average molecular weight is 646 g/mol. The fourth-order valence-electron chi connectivity index (χ4n) is 5.48. The van der Waals surface area contributed by atoms with Gasteiger partial charge in [0.25, 0.3) is 5.91 Å². The number of aliphatic hydroxyl groups excluding tert-OH is 1. The topological polar surface area (TPSA) is 147 Å². The molecule has 1 heterocycles. The van der Waals surface area contributed by atoms with Crippen molar-refractivity contribution in [3.8, 4) is 0 Å². The van der Waals surface area contributed by atoms with E-state index in [4.69, 9.17) is 11.5 Å². The van der Waals surface area contributed by atoms with E-state index >= 15 is 0 Å². The van der Waals surface area contributed by atoms with Gasteiger partial charge < -0.3 is 26.6 Å². The lowest BCUT2D eigenvalue weighted by molar-refractivity contribution is -0.143. The Morgan fingerprint density at radius 3 is 2.07 bits per heavy atom. The van der Waals surface area contributed by atoms with Crippen LogP contribution in [0.4, 0.5) is 32.0 Å². The monoisotopic (exact) mass is 645 g/mol. The zero-order valence-electron chi connectivity index (χ0n) is 24.7. The van der Waals surface area contributed by atoms with Crippen molar-refractivity contribution in [2.45, 2.75) is 63.3 Å². The van der Waals surface area contributed by atoms with E-state index in [9.17, 15) is 50.9 Å². The zero-order valence-corrected chi connectivity index (χ0v) is 24.7. The van der Waals surface area contributed by atoms with E-state index in [1.165, 1.54) is 7.05 Å². The minimum atomic E-state index is -5.17. The lowest BCUT2D eigenvalue weighted by Crippen LogP contribution is -2.57. The summed E-state index contributed by atoms with van der Waals surface area (Å²) in [5, 5.41) is 20.7. The van der Waals surface area contributed by atoms with Crippen LogP contribution in [0.1, 0.15) is 59.7 Å². The molecule has 0 spiro atoms. The largest absolute Gasteiger partial charge is 0.481 e. The summed E-state index contributed by atoms with van der Waals surface area (Å²) < 4.78 is 80.5. The van der Waals surface area contributed by atoms with Gasteiger partial charge in [-0.25, -0.2) is 4.48 Å². The molecule has 1 aliphatic heterocycles. The molecule has 0 aliphatic carbocycles. The Kier molecular flexibility index (Phi) is 10.4. The van der Waals surface area contributed by atoms with Crippen LogP contribution < -0.4 is 16.0 Å². The SMILES string of the molecule is CC(C[C@@H](N)C(O)[N+]1(C)C=C(CC(CCC(=O)O)N(C)C(=O)c2cc(C(F)(F)F)cc(C(F)(F)F)c2)c2ccccc21)C(N)=O. The van der Waals surface area contributed by atoms with Crippen molar-refractivity contribution in [2.75, 3.05) is 14.1 Å². The number of aliphatic carboxylic acids is 1. The van der Waals surface area contributed by atoms with Gasteiger partial charge in [0.05, 0.1) is 24.2 Å². The summed E-state index contributed by atoms with van der Waals surface area (Å²) in [6.07, 6.45) is -10.6. The predicted octanol–water partition coefficient (Wildman–Crippen LogP) is 4.57. The quantitative estimate of drug-likeness (QED) is 0.197. The number of carbonyl (C=O) groups is 3. The number of hydrogen-bond acceptors (Lipinski definition) is 5. The predicted molar refractivity (Wildman–Crippen MR) is 153 cm³/mol. The van der Waals surface area contributed by atoms with E-state index in [-0.39, 0.29) is 29.8 Å². The number of hydrogen-bond donors (Lipinski definition) is 4. The normalized spacial score (nSPS) is 19.2. The first-order valence-corrected chi connectivity index (χ1v) is 13.9. The lowest BCUT2D eigenvalue weighted by atomic mass is 9.95. The summed E-state index contributed by atoms with van der Waals surface area (Å²) in [5.41, 5.74) is 9.14. The molecule has 6 N–H and O–H groups in total. The van der Waals surface area contributed by atoms with E-state index < -0.39 is 77.5 Å².